The fourth-order valence-corrected chi connectivity index (χ4v) is 1.90. The molecular formula is C15H26N4O. The Morgan fingerprint density at radius 2 is 1.85 bits per heavy atom. The summed E-state index contributed by atoms with van der Waals surface area (Å²) >= 11 is 0. The second-order valence-corrected chi connectivity index (χ2v) is 5.54. The van der Waals surface area contributed by atoms with Crippen molar-refractivity contribution < 1.29 is 4.74 Å². The van der Waals surface area contributed by atoms with Crippen LogP contribution in [-0.4, -0.2) is 35.8 Å². The van der Waals surface area contributed by atoms with Crippen molar-refractivity contribution in [3.63, 3.8) is 0 Å². The topological polar surface area (TPSA) is 59.1 Å². The highest BCUT2D eigenvalue weighted by Crippen LogP contribution is 2.38. The molecule has 1 fully saturated rings. The molecule has 20 heavy (non-hydrogen) atoms. The van der Waals surface area contributed by atoms with E-state index in [0.29, 0.717) is 12.5 Å². The molecule has 0 saturated heterocycles. The fraction of sp³-hybridized carbons (Fsp3) is 0.733. The molecule has 0 unspecified atom stereocenters. The average molecular weight is 278 g/mol. The van der Waals surface area contributed by atoms with Gasteiger partial charge in [-0.3, -0.25) is 0 Å². The van der Waals surface area contributed by atoms with E-state index in [-0.39, 0.29) is 6.10 Å². The lowest BCUT2D eigenvalue weighted by molar-refractivity contribution is 0.0870. The van der Waals surface area contributed by atoms with Crippen molar-refractivity contribution in [1.82, 2.24) is 9.97 Å². The third kappa shape index (κ3) is 4.96. The number of rotatable bonds is 9. The van der Waals surface area contributed by atoms with E-state index in [1.807, 2.05) is 19.9 Å². The zero-order valence-corrected chi connectivity index (χ0v) is 12.8. The number of hydrogen-bond acceptors (Lipinski definition) is 5. The van der Waals surface area contributed by atoms with E-state index in [2.05, 4.69) is 27.5 Å². The van der Waals surface area contributed by atoms with Gasteiger partial charge in [0.1, 0.15) is 17.5 Å². The van der Waals surface area contributed by atoms with Crippen LogP contribution in [0.2, 0.25) is 0 Å². The predicted molar refractivity (Wildman–Crippen MR) is 82.4 cm³/mol. The first-order chi connectivity index (χ1) is 9.69. The summed E-state index contributed by atoms with van der Waals surface area (Å²) in [6, 6.07) is 1.98. The molecule has 0 amide bonds. The third-order valence-corrected chi connectivity index (χ3v) is 3.10. The molecule has 5 nitrogen and oxygen atoms in total. The van der Waals surface area contributed by atoms with Crippen LogP contribution in [0.1, 0.15) is 51.8 Å². The number of aromatic nitrogens is 2. The van der Waals surface area contributed by atoms with Crippen LogP contribution in [0.4, 0.5) is 11.6 Å². The Morgan fingerprint density at radius 3 is 2.40 bits per heavy atom. The standard InChI is InChI=1S/C15H26N4O/c1-4-7-16-13-10-14(17-8-9-20-11(2)3)19-15(18-13)12-5-6-12/h10-12H,4-9H2,1-3H3,(H2,16,17,18,19). The molecule has 0 bridgehead atoms. The summed E-state index contributed by atoms with van der Waals surface area (Å²) in [6.45, 7) is 8.64. The van der Waals surface area contributed by atoms with Gasteiger partial charge in [0.15, 0.2) is 0 Å². The van der Waals surface area contributed by atoms with Gasteiger partial charge >= 0.3 is 0 Å². The SMILES string of the molecule is CCCNc1cc(NCCOC(C)C)nc(C2CC2)n1. The summed E-state index contributed by atoms with van der Waals surface area (Å²) < 4.78 is 5.53. The molecule has 0 aliphatic heterocycles. The van der Waals surface area contributed by atoms with Crippen LogP contribution in [0.15, 0.2) is 6.07 Å². The predicted octanol–water partition coefficient (Wildman–Crippen LogP) is 3.01. The molecule has 1 heterocycles. The minimum Gasteiger partial charge on any atom is -0.377 e. The summed E-state index contributed by atoms with van der Waals surface area (Å²) in [5.74, 6) is 3.35. The van der Waals surface area contributed by atoms with Gasteiger partial charge in [0.25, 0.3) is 0 Å². The van der Waals surface area contributed by atoms with E-state index in [0.717, 1.165) is 37.0 Å². The second-order valence-electron chi connectivity index (χ2n) is 5.54. The van der Waals surface area contributed by atoms with Gasteiger partial charge in [-0.2, -0.15) is 0 Å². The van der Waals surface area contributed by atoms with Crippen LogP contribution < -0.4 is 10.6 Å². The van der Waals surface area contributed by atoms with Gasteiger partial charge in [0, 0.05) is 25.1 Å². The third-order valence-electron chi connectivity index (χ3n) is 3.10. The van der Waals surface area contributed by atoms with Gasteiger partial charge in [0.2, 0.25) is 0 Å². The van der Waals surface area contributed by atoms with E-state index in [1.54, 1.807) is 0 Å². The summed E-state index contributed by atoms with van der Waals surface area (Å²) in [5, 5.41) is 6.67. The van der Waals surface area contributed by atoms with E-state index >= 15 is 0 Å². The second kappa shape index (κ2) is 7.43. The first-order valence-corrected chi connectivity index (χ1v) is 7.67. The van der Waals surface area contributed by atoms with E-state index in [9.17, 15) is 0 Å². The Hall–Kier alpha value is -1.36. The Morgan fingerprint density at radius 1 is 1.20 bits per heavy atom. The highest BCUT2D eigenvalue weighted by atomic mass is 16.5. The molecule has 1 saturated carbocycles. The summed E-state index contributed by atoms with van der Waals surface area (Å²) in [4.78, 5) is 9.20. The van der Waals surface area contributed by atoms with Gasteiger partial charge in [-0.1, -0.05) is 6.92 Å². The van der Waals surface area contributed by atoms with Crippen LogP contribution in [0, 0.1) is 0 Å². The van der Waals surface area contributed by atoms with E-state index < -0.39 is 0 Å². The summed E-state index contributed by atoms with van der Waals surface area (Å²) in [5.41, 5.74) is 0. The molecular weight excluding hydrogens is 252 g/mol. The van der Waals surface area contributed by atoms with E-state index in [4.69, 9.17) is 4.74 Å². The molecule has 1 aliphatic carbocycles. The fourth-order valence-electron chi connectivity index (χ4n) is 1.90. The Bertz CT molecular complexity index is 418. The average Bonchev–Trinajstić information content (AvgIpc) is 3.25. The maximum absolute atomic E-state index is 5.53. The molecule has 112 valence electrons. The zero-order valence-electron chi connectivity index (χ0n) is 12.8. The molecule has 1 aliphatic rings. The molecule has 1 aromatic rings. The first kappa shape index (κ1) is 15.0. The minimum absolute atomic E-state index is 0.269. The van der Waals surface area contributed by atoms with Crippen molar-refractivity contribution in [3.8, 4) is 0 Å². The van der Waals surface area contributed by atoms with Crippen molar-refractivity contribution in [2.75, 3.05) is 30.3 Å². The molecule has 5 heteroatoms. The van der Waals surface area contributed by atoms with Crippen LogP contribution in [-0.2, 0) is 4.74 Å². The molecule has 1 aromatic heterocycles. The van der Waals surface area contributed by atoms with Crippen molar-refractivity contribution in [2.24, 2.45) is 0 Å². The largest absolute Gasteiger partial charge is 0.377 e. The monoisotopic (exact) mass is 278 g/mol. The Kier molecular flexibility index (Phi) is 5.59. The number of anilines is 2. The maximum atomic E-state index is 5.53. The molecule has 2 N–H and O–H groups in total. The van der Waals surface area contributed by atoms with E-state index in [1.165, 1.54) is 12.8 Å². The van der Waals surface area contributed by atoms with Crippen LogP contribution in [0.25, 0.3) is 0 Å². The maximum Gasteiger partial charge on any atom is 0.136 e. The molecule has 0 aromatic carbocycles. The summed E-state index contributed by atoms with van der Waals surface area (Å²) in [6.07, 6.45) is 3.79. The van der Waals surface area contributed by atoms with Gasteiger partial charge in [-0.25, -0.2) is 9.97 Å². The lowest BCUT2D eigenvalue weighted by Gasteiger charge is -2.12. The van der Waals surface area contributed by atoms with Gasteiger partial charge in [-0.15, -0.1) is 0 Å². The van der Waals surface area contributed by atoms with Crippen molar-refractivity contribution in [2.45, 2.75) is 52.1 Å². The number of hydrogen-bond donors (Lipinski definition) is 2. The minimum atomic E-state index is 0.269. The molecule has 0 radical (unpaired) electrons. The van der Waals surface area contributed by atoms with Crippen molar-refractivity contribution in [3.05, 3.63) is 11.9 Å². The smallest absolute Gasteiger partial charge is 0.136 e. The highest BCUT2D eigenvalue weighted by Gasteiger charge is 2.27. The number of ether oxygens (including phenoxy) is 1. The number of nitrogens with zero attached hydrogens (tertiary/aromatic N) is 2. The molecule has 0 atom stereocenters. The zero-order chi connectivity index (χ0) is 14.4. The number of nitrogens with one attached hydrogen (secondary N) is 2. The first-order valence-electron chi connectivity index (χ1n) is 7.67. The van der Waals surface area contributed by atoms with Gasteiger partial charge in [-0.05, 0) is 33.1 Å². The van der Waals surface area contributed by atoms with Crippen LogP contribution in [0.5, 0.6) is 0 Å². The lowest BCUT2D eigenvalue weighted by atomic mass is 10.3. The summed E-state index contributed by atoms with van der Waals surface area (Å²) in [7, 11) is 0. The van der Waals surface area contributed by atoms with Crippen LogP contribution in [0.3, 0.4) is 0 Å². The Labute approximate surface area is 121 Å². The van der Waals surface area contributed by atoms with Crippen molar-refractivity contribution in [1.29, 1.82) is 0 Å². The Balaban J connectivity index is 1.93. The van der Waals surface area contributed by atoms with Crippen LogP contribution >= 0.6 is 0 Å². The highest BCUT2D eigenvalue weighted by molar-refractivity contribution is 5.48. The van der Waals surface area contributed by atoms with Gasteiger partial charge < -0.3 is 15.4 Å². The van der Waals surface area contributed by atoms with Crippen molar-refractivity contribution >= 4 is 11.6 Å². The normalized spacial score (nSPS) is 14.6. The molecule has 0 spiro atoms. The molecule has 2 rings (SSSR count). The van der Waals surface area contributed by atoms with Gasteiger partial charge in [0.05, 0.1) is 12.7 Å². The lowest BCUT2D eigenvalue weighted by Crippen LogP contribution is -2.15. The quantitative estimate of drug-likeness (QED) is 0.680.